The lowest BCUT2D eigenvalue weighted by molar-refractivity contribution is -0.224. The number of nitrogens with one attached hydrogen (secondary N) is 1. The van der Waals surface area contributed by atoms with Crippen LogP contribution in [0, 0.1) is 56.7 Å². The zero-order valence-corrected chi connectivity index (χ0v) is 35.6. The Kier molecular flexibility index (Phi) is 9.91. The van der Waals surface area contributed by atoms with Crippen molar-refractivity contribution in [3.63, 3.8) is 0 Å². The van der Waals surface area contributed by atoms with Crippen molar-refractivity contribution in [2.24, 2.45) is 56.7 Å². The van der Waals surface area contributed by atoms with Crippen molar-refractivity contribution in [1.29, 1.82) is 0 Å². The summed E-state index contributed by atoms with van der Waals surface area (Å²) < 4.78 is 39.4. The summed E-state index contributed by atoms with van der Waals surface area (Å²) >= 11 is 0. The summed E-state index contributed by atoms with van der Waals surface area (Å²) in [4.78, 5) is 14.1. The van der Waals surface area contributed by atoms with Crippen LogP contribution in [0.2, 0.25) is 0 Å². The first-order valence-corrected chi connectivity index (χ1v) is 23.5. The minimum Gasteiger partial charge on any atom is -0.479 e. The van der Waals surface area contributed by atoms with Crippen LogP contribution in [0.5, 0.6) is 0 Å². The van der Waals surface area contributed by atoms with E-state index in [4.69, 9.17) is 0 Å². The third-order valence-electron chi connectivity index (χ3n) is 18.4. The van der Waals surface area contributed by atoms with E-state index in [-0.39, 0.29) is 50.7 Å². The van der Waals surface area contributed by atoms with Crippen LogP contribution in [0.4, 0.5) is 4.39 Å². The van der Waals surface area contributed by atoms with Gasteiger partial charge >= 0.3 is 5.97 Å². The molecule has 6 aliphatic carbocycles. The predicted octanol–water partition coefficient (Wildman–Crippen LogP) is 9.40. The average Bonchev–Trinajstić information content (AvgIpc) is 3.46. The molecule has 6 nitrogen and oxygen atoms in total. The summed E-state index contributed by atoms with van der Waals surface area (Å²) in [6.45, 7) is 24.2. The molecule has 1 saturated heterocycles. The van der Waals surface area contributed by atoms with Crippen LogP contribution in [0.25, 0.3) is 0 Å². The van der Waals surface area contributed by atoms with Gasteiger partial charge in [-0.3, -0.25) is 0 Å². The number of carboxylic acid groups (broad SMARTS) is 1. The molecule has 0 amide bonds. The molecule has 1 heterocycles. The quantitative estimate of drug-likeness (QED) is 0.269. The number of carboxylic acids is 1. The highest BCUT2D eigenvalue weighted by molar-refractivity contribution is 7.91. The summed E-state index contributed by atoms with van der Waals surface area (Å²) in [6, 6.07) is 0. The van der Waals surface area contributed by atoms with Crippen molar-refractivity contribution in [1.82, 2.24) is 10.2 Å². The van der Waals surface area contributed by atoms with Crippen LogP contribution in [0.15, 0.2) is 23.3 Å². The van der Waals surface area contributed by atoms with Gasteiger partial charge in [-0.25, -0.2) is 17.6 Å². The van der Waals surface area contributed by atoms with Crippen LogP contribution in [0.1, 0.15) is 145 Å². The molecule has 0 aromatic heterocycles. The Balaban J connectivity index is 1.12. The number of nitrogens with zero attached hydrogens (tertiary/aromatic N) is 1. The molecule has 0 spiro atoms. The first-order valence-electron chi connectivity index (χ1n) is 21.5. The molecule has 8 heteroatoms. The van der Waals surface area contributed by atoms with Crippen molar-refractivity contribution >= 4 is 15.8 Å². The van der Waals surface area contributed by atoms with Gasteiger partial charge in [0, 0.05) is 31.3 Å². The first-order chi connectivity index (χ1) is 24.5. The highest BCUT2D eigenvalue weighted by Gasteiger charge is 2.71. The SMILES string of the molecule is CC(C)(C)[C@@H]1CC[C@]2(NCCN3CCC(S(C)(=O)=O)CC3)CC[C@]3(C)[C@H](CC[C@@H]4[C@@]5(C)CC=C(C6=CCC(F)(C(=O)O)CC6)C(C)(C)[C@@H]5CC[C@]43C)[C@@H]12. The molecule has 0 aromatic carbocycles. The maximum absolute atomic E-state index is 15.0. The van der Waals surface area contributed by atoms with E-state index in [1.807, 2.05) is 6.08 Å². The fourth-order valence-corrected chi connectivity index (χ4v) is 16.4. The molecule has 53 heavy (non-hydrogen) atoms. The van der Waals surface area contributed by atoms with Gasteiger partial charge < -0.3 is 15.3 Å². The van der Waals surface area contributed by atoms with Gasteiger partial charge in [0.15, 0.2) is 0 Å². The summed E-state index contributed by atoms with van der Waals surface area (Å²) in [5, 5.41) is 13.6. The lowest BCUT2D eigenvalue weighted by Gasteiger charge is -2.72. The molecule has 10 atom stereocenters. The van der Waals surface area contributed by atoms with Crippen LogP contribution < -0.4 is 5.32 Å². The highest BCUT2D eigenvalue weighted by atomic mass is 32.2. The molecule has 7 rings (SSSR count). The normalized spacial score (nSPS) is 44.9. The zero-order chi connectivity index (χ0) is 38.6. The predicted molar refractivity (Wildman–Crippen MR) is 213 cm³/mol. The van der Waals surface area contributed by atoms with Gasteiger partial charge in [0.2, 0.25) is 5.67 Å². The summed E-state index contributed by atoms with van der Waals surface area (Å²) in [7, 11) is -2.96. The summed E-state index contributed by atoms with van der Waals surface area (Å²) in [5.41, 5.74) is 1.59. The Labute approximate surface area is 321 Å². The van der Waals surface area contributed by atoms with E-state index in [1.54, 1.807) is 0 Å². The maximum Gasteiger partial charge on any atom is 0.341 e. The molecule has 2 N–H and O–H groups in total. The number of rotatable bonds is 7. The zero-order valence-electron chi connectivity index (χ0n) is 34.8. The molecule has 4 saturated carbocycles. The molecular formula is C45H73FN2O4S. The van der Waals surface area contributed by atoms with Crippen molar-refractivity contribution in [3.05, 3.63) is 23.3 Å². The molecule has 0 bridgehead atoms. The molecule has 0 radical (unpaired) electrons. The second kappa shape index (κ2) is 13.1. The summed E-state index contributed by atoms with van der Waals surface area (Å²) in [5.74, 6) is 1.95. The summed E-state index contributed by atoms with van der Waals surface area (Å²) in [6.07, 6.45) is 19.2. The van der Waals surface area contributed by atoms with Crippen LogP contribution >= 0.6 is 0 Å². The minimum atomic E-state index is -2.96. The third-order valence-corrected chi connectivity index (χ3v) is 20.0. The van der Waals surface area contributed by atoms with Gasteiger partial charge in [0.05, 0.1) is 5.25 Å². The van der Waals surface area contributed by atoms with Crippen molar-refractivity contribution in [2.45, 2.75) is 162 Å². The lowest BCUT2D eigenvalue weighted by atomic mass is 9.32. The van der Waals surface area contributed by atoms with Gasteiger partial charge in [-0.15, -0.1) is 0 Å². The number of likely N-dealkylation sites (tertiary alicyclic amines) is 1. The Bertz CT molecular complexity index is 1620. The largest absolute Gasteiger partial charge is 0.479 e. The number of hydrogen-bond donors (Lipinski definition) is 2. The van der Waals surface area contributed by atoms with E-state index < -0.39 is 21.5 Å². The molecule has 0 aromatic rings. The maximum atomic E-state index is 15.0. The molecular weight excluding hydrogens is 684 g/mol. The van der Waals surface area contributed by atoms with Crippen LogP contribution in [0.3, 0.4) is 0 Å². The number of fused-ring (bicyclic) bond motifs is 7. The van der Waals surface area contributed by atoms with E-state index in [2.05, 4.69) is 71.7 Å². The smallest absolute Gasteiger partial charge is 0.341 e. The first kappa shape index (κ1) is 40.0. The molecule has 300 valence electrons. The van der Waals surface area contributed by atoms with E-state index in [1.165, 1.54) is 68.8 Å². The van der Waals surface area contributed by atoms with Gasteiger partial charge in [-0.05, 0) is 164 Å². The number of allylic oxidation sites excluding steroid dienone is 4. The molecule has 1 aliphatic heterocycles. The Morgan fingerprint density at radius 1 is 0.887 bits per heavy atom. The van der Waals surface area contributed by atoms with Crippen molar-refractivity contribution in [2.75, 3.05) is 32.4 Å². The molecule has 1 unspecified atom stereocenters. The number of piperidine rings is 1. The Hall–Kier alpha value is -1.25. The van der Waals surface area contributed by atoms with E-state index in [0.29, 0.717) is 36.0 Å². The van der Waals surface area contributed by atoms with Crippen molar-refractivity contribution < 1.29 is 22.7 Å². The second-order valence-electron chi connectivity index (χ2n) is 21.9. The number of carbonyl (C=O) groups is 1. The number of halogens is 1. The topological polar surface area (TPSA) is 86.7 Å². The standard InChI is InChI=1S/C45H73FN2O4S/c1-39(2,3)33-15-23-45(47-26-29-48-27-17-31(18-28-48)53(9,51)52)25-24-42(7)34(37(33)45)10-11-36-41(6)19-14-32(30-12-21-44(46,22-13-30)38(49)50)40(4,5)35(41)16-20-43(36,42)8/h12,14,31,33-37,47H,10-11,13,15-29H2,1-9H3,(H,49,50)/t33-,34-,35+,36-,37-,41+,42-,43-,44?,45+/m1/s1. The van der Waals surface area contributed by atoms with E-state index >= 15 is 4.39 Å². The Morgan fingerprint density at radius 2 is 1.58 bits per heavy atom. The molecule has 5 fully saturated rings. The van der Waals surface area contributed by atoms with Crippen LogP contribution in [-0.4, -0.2) is 73.3 Å². The number of aliphatic carboxylic acids is 1. The highest BCUT2D eigenvalue weighted by Crippen LogP contribution is 2.77. The number of hydrogen-bond acceptors (Lipinski definition) is 5. The van der Waals surface area contributed by atoms with Gasteiger partial charge in [-0.2, -0.15) is 0 Å². The Morgan fingerprint density at radius 3 is 2.19 bits per heavy atom. The second-order valence-corrected chi connectivity index (χ2v) is 24.2. The van der Waals surface area contributed by atoms with Crippen LogP contribution in [-0.2, 0) is 14.6 Å². The van der Waals surface area contributed by atoms with Crippen molar-refractivity contribution in [3.8, 4) is 0 Å². The number of sulfone groups is 1. The van der Waals surface area contributed by atoms with Gasteiger partial charge in [0.25, 0.3) is 0 Å². The fraction of sp³-hybridized carbons (Fsp3) is 0.889. The van der Waals surface area contributed by atoms with Gasteiger partial charge in [0.1, 0.15) is 9.84 Å². The van der Waals surface area contributed by atoms with E-state index in [0.717, 1.165) is 45.4 Å². The minimum absolute atomic E-state index is 0.0232. The van der Waals surface area contributed by atoms with Gasteiger partial charge in [-0.1, -0.05) is 67.5 Å². The average molecular weight is 757 g/mol. The fourth-order valence-electron chi connectivity index (χ4n) is 15.3. The third kappa shape index (κ3) is 6.26. The molecule has 7 aliphatic rings. The van der Waals surface area contributed by atoms with E-state index in [9.17, 15) is 18.3 Å². The lowest BCUT2D eigenvalue weighted by Crippen LogP contribution is -2.68. The monoisotopic (exact) mass is 757 g/mol. The number of alkyl halides is 1.